The van der Waals surface area contributed by atoms with Crippen LogP contribution in [0.4, 0.5) is 4.39 Å². The highest BCUT2D eigenvalue weighted by Crippen LogP contribution is 2.11. The molecule has 15 heavy (non-hydrogen) atoms. The first-order valence-corrected chi connectivity index (χ1v) is 4.56. The molecule has 4 nitrogen and oxygen atoms in total. The Labute approximate surface area is 87.2 Å². The predicted octanol–water partition coefficient (Wildman–Crippen LogP) is 0.966. The van der Waals surface area contributed by atoms with Crippen LogP contribution in [0.2, 0.25) is 0 Å². The molecule has 0 heterocycles. The van der Waals surface area contributed by atoms with E-state index < -0.39 is 11.7 Å². The topological polar surface area (TPSA) is 64.3 Å². The number of hydrogen-bond acceptors (Lipinski definition) is 3. The van der Waals surface area contributed by atoms with Crippen molar-refractivity contribution in [1.82, 2.24) is 5.43 Å². The quantitative estimate of drug-likeness (QED) is 0.444. The zero-order valence-corrected chi connectivity index (χ0v) is 8.42. The van der Waals surface area contributed by atoms with Crippen molar-refractivity contribution in [2.75, 3.05) is 6.61 Å². The first-order chi connectivity index (χ1) is 7.19. The fourth-order valence-corrected chi connectivity index (χ4v) is 1.12. The highest BCUT2D eigenvalue weighted by atomic mass is 19.1. The number of halogens is 1. The van der Waals surface area contributed by atoms with E-state index in [9.17, 15) is 9.18 Å². The van der Waals surface area contributed by atoms with E-state index in [0.717, 1.165) is 0 Å². The number of nitrogen functional groups attached to an aromatic ring is 1. The summed E-state index contributed by atoms with van der Waals surface area (Å²) in [6.07, 6.45) is 0. The summed E-state index contributed by atoms with van der Waals surface area (Å²) in [7, 11) is 0. The van der Waals surface area contributed by atoms with Crippen molar-refractivity contribution in [3.05, 3.63) is 35.1 Å². The van der Waals surface area contributed by atoms with Crippen LogP contribution in [0.1, 0.15) is 22.8 Å². The van der Waals surface area contributed by atoms with Gasteiger partial charge in [-0.2, -0.15) is 0 Å². The van der Waals surface area contributed by atoms with Crippen LogP contribution in [0.15, 0.2) is 18.2 Å². The van der Waals surface area contributed by atoms with Crippen molar-refractivity contribution in [2.24, 2.45) is 5.84 Å². The van der Waals surface area contributed by atoms with Gasteiger partial charge in [-0.3, -0.25) is 10.2 Å². The predicted molar refractivity (Wildman–Crippen MR) is 53.4 cm³/mol. The standard InChI is InChI=1S/C10H13FN2O2/c1-2-15-6-8-5-7(10(14)13-12)3-4-9(8)11/h3-5H,2,6,12H2,1H3,(H,13,14). The molecular weight excluding hydrogens is 199 g/mol. The molecule has 1 rings (SSSR count). The summed E-state index contributed by atoms with van der Waals surface area (Å²) < 4.78 is 18.3. The number of nitrogens with two attached hydrogens (primary N) is 1. The van der Waals surface area contributed by atoms with Gasteiger partial charge in [0.05, 0.1) is 6.61 Å². The number of hydrazine groups is 1. The Bertz CT molecular complexity index is 355. The Kier molecular flexibility index (Phi) is 4.20. The van der Waals surface area contributed by atoms with Crippen LogP contribution in [0.5, 0.6) is 0 Å². The maximum atomic E-state index is 13.2. The summed E-state index contributed by atoms with van der Waals surface area (Å²) in [5, 5.41) is 0. The van der Waals surface area contributed by atoms with Gasteiger partial charge >= 0.3 is 0 Å². The molecule has 1 aromatic rings. The average Bonchev–Trinajstić information content (AvgIpc) is 2.27. The van der Waals surface area contributed by atoms with Crippen molar-refractivity contribution in [3.63, 3.8) is 0 Å². The maximum Gasteiger partial charge on any atom is 0.265 e. The molecule has 0 aliphatic rings. The van der Waals surface area contributed by atoms with Crippen molar-refractivity contribution in [3.8, 4) is 0 Å². The summed E-state index contributed by atoms with van der Waals surface area (Å²) >= 11 is 0. The van der Waals surface area contributed by atoms with Crippen molar-refractivity contribution in [1.29, 1.82) is 0 Å². The molecule has 0 aliphatic heterocycles. The van der Waals surface area contributed by atoms with Crippen LogP contribution in [0, 0.1) is 5.82 Å². The van der Waals surface area contributed by atoms with Crippen LogP contribution in [-0.4, -0.2) is 12.5 Å². The fraction of sp³-hybridized carbons (Fsp3) is 0.300. The molecule has 1 amide bonds. The largest absolute Gasteiger partial charge is 0.377 e. The lowest BCUT2D eigenvalue weighted by molar-refractivity contribution is 0.0953. The van der Waals surface area contributed by atoms with Gasteiger partial charge in [0.15, 0.2) is 0 Å². The number of carbonyl (C=O) groups excluding carboxylic acids is 1. The molecular formula is C10H13FN2O2. The molecule has 0 fully saturated rings. The summed E-state index contributed by atoms with van der Waals surface area (Å²) in [4.78, 5) is 11.2. The second-order valence-electron chi connectivity index (χ2n) is 2.92. The fourth-order valence-electron chi connectivity index (χ4n) is 1.12. The number of benzene rings is 1. The number of carbonyl (C=O) groups is 1. The third kappa shape index (κ3) is 3.00. The lowest BCUT2D eigenvalue weighted by atomic mass is 10.1. The van der Waals surface area contributed by atoms with E-state index in [-0.39, 0.29) is 6.61 Å². The molecule has 82 valence electrons. The minimum Gasteiger partial charge on any atom is -0.377 e. The number of nitrogens with one attached hydrogen (secondary N) is 1. The Hall–Kier alpha value is -1.46. The summed E-state index contributed by atoms with van der Waals surface area (Å²) in [6.45, 7) is 2.45. The van der Waals surface area contributed by atoms with Gasteiger partial charge in [0.1, 0.15) is 5.82 Å². The van der Waals surface area contributed by atoms with Gasteiger partial charge < -0.3 is 4.74 Å². The van der Waals surface area contributed by atoms with Crippen LogP contribution in [-0.2, 0) is 11.3 Å². The normalized spacial score (nSPS) is 10.1. The number of amides is 1. The molecule has 0 aromatic heterocycles. The van der Waals surface area contributed by atoms with Crippen LogP contribution >= 0.6 is 0 Å². The van der Waals surface area contributed by atoms with Gasteiger partial charge in [-0.1, -0.05) is 0 Å². The Morgan fingerprint density at radius 2 is 2.33 bits per heavy atom. The molecule has 0 aliphatic carbocycles. The monoisotopic (exact) mass is 212 g/mol. The molecule has 0 radical (unpaired) electrons. The van der Waals surface area contributed by atoms with Crippen LogP contribution < -0.4 is 11.3 Å². The van der Waals surface area contributed by atoms with E-state index >= 15 is 0 Å². The number of ether oxygens (including phenoxy) is 1. The van der Waals surface area contributed by atoms with Gasteiger partial charge in [0.25, 0.3) is 5.91 Å². The number of hydrogen-bond donors (Lipinski definition) is 2. The Morgan fingerprint density at radius 1 is 1.60 bits per heavy atom. The molecule has 0 saturated heterocycles. The smallest absolute Gasteiger partial charge is 0.265 e. The van der Waals surface area contributed by atoms with E-state index in [0.29, 0.717) is 17.7 Å². The zero-order valence-electron chi connectivity index (χ0n) is 8.42. The Balaban J connectivity index is 2.89. The first-order valence-electron chi connectivity index (χ1n) is 4.56. The number of rotatable bonds is 4. The minimum atomic E-state index is -0.451. The van der Waals surface area contributed by atoms with Crippen LogP contribution in [0.3, 0.4) is 0 Å². The molecule has 5 heteroatoms. The van der Waals surface area contributed by atoms with Gasteiger partial charge in [0, 0.05) is 17.7 Å². The van der Waals surface area contributed by atoms with Crippen molar-refractivity contribution in [2.45, 2.75) is 13.5 Å². The van der Waals surface area contributed by atoms with Gasteiger partial charge in [-0.15, -0.1) is 0 Å². The Morgan fingerprint density at radius 3 is 2.93 bits per heavy atom. The minimum absolute atomic E-state index is 0.147. The van der Waals surface area contributed by atoms with E-state index in [1.165, 1.54) is 18.2 Å². The summed E-state index contributed by atoms with van der Waals surface area (Å²) in [5.41, 5.74) is 2.64. The van der Waals surface area contributed by atoms with E-state index in [4.69, 9.17) is 10.6 Å². The van der Waals surface area contributed by atoms with Crippen LogP contribution in [0.25, 0.3) is 0 Å². The average molecular weight is 212 g/mol. The molecule has 0 atom stereocenters. The highest BCUT2D eigenvalue weighted by Gasteiger charge is 2.08. The van der Waals surface area contributed by atoms with E-state index in [2.05, 4.69) is 0 Å². The summed E-state index contributed by atoms with van der Waals surface area (Å²) in [6, 6.07) is 4.01. The third-order valence-electron chi connectivity index (χ3n) is 1.90. The van der Waals surface area contributed by atoms with Gasteiger partial charge in [0.2, 0.25) is 0 Å². The van der Waals surface area contributed by atoms with Gasteiger partial charge in [-0.25, -0.2) is 10.2 Å². The second-order valence-corrected chi connectivity index (χ2v) is 2.92. The van der Waals surface area contributed by atoms with E-state index in [1.54, 1.807) is 0 Å². The van der Waals surface area contributed by atoms with E-state index in [1.807, 2.05) is 12.3 Å². The van der Waals surface area contributed by atoms with Crippen molar-refractivity contribution < 1.29 is 13.9 Å². The van der Waals surface area contributed by atoms with Gasteiger partial charge in [-0.05, 0) is 25.1 Å². The second kappa shape index (κ2) is 5.43. The molecule has 0 saturated carbocycles. The SMILES string of the molecule is CCOCc1cc(C(=O)NN)ccc1F. The molecule has 3 N–H and O–H groups in total. The summed E-state index contributed by atoms with van der Waals surface area (Å²) in [5.74, 6) is 4.12. The lowest BCUT2D eigenvalue weighted by Gasteiger charge is -2.05. The molecule has 0 bridgehead atoms. The maximum absolute atomic E-state index is 13.2. The zero-order chi connectivity index (χ0) is 11.3. The highest BCUT2D eigenvalue weighted by molar-refractivity contribution is 5.93. The third-order valence-corrected chi connectivity index (χ3v) is 1.90. The lowest BCUT2D eigenvalue weighted by Crippen LogP contribution is -2.30. The molecule has 1 aromatic carbocycles. The molecule has 0 unspecified atom stereocenters. The molecule has 0 spiro atoms. The first kappa shape index (κ1) is 11.6. The van der Waals surface area contributed by atoms with Crippen molar-refractivity contribution >= 4 is 5.91 Å².